The summed E-state index contributed by atoms with van der Waals surface area (Å²) in [6.07, 6.45) is 2.68. The number of benzene rings is 1. The van der Waals surface area contributed by atoms with E-state index in [-0.39, 0.29) is 11.7 Å². The van der Waals surface area contributed by atoms with E-state index in [1.807, 2.05) is 13.0 Å². The molecule has 0 heterocycles. The normalized spacial score (nSPS) is 11.6. The fourth-order valence-corrected chi connectivity index (χ4v) is 1.82. The first-order chi connectivity index (χ1) is 9.43. The zero-order chi connectivity index (χ0) is 15.1. The number of hydrogen-bond donors (Lipinski definition) is 0. The van der Waals surface area contributed by atoms with Gasteiger partial charge in [-0.25, -0.2) is 0 Å². The number of allylic oxidation sites excluding steroid dienone is 1. The van der Waals surface area contributed by atoms with Crippen LogP contribution in [-0.2, 0) is 11.3 Å². The first-order valence-electron chi connectivity index (χ1n) is 6.40. The molecule has 1 amide bonds. The number of ether oxygens (including phenoxy) is 1. The third kappa shape index (κ3) is 4.99. The second-order valence-corrected chi connectivity index (χ2v) is 4.48. The predicted octanol–water partition coefficient (Wildman–Crippen LogP) is 3.60. The van der Waals surface area contributed by atoms with Crippen molar-refractivity contribution in [2.24, 2.45) is 0 Å². The lowest BCUT2D eigenvalue weighted by Crippen LogP contribution is -2.26. The van der Waals surface area contributed by atoms with Crippen molar-refractivity contribution in [3.63, 3.8) is 0 Å². The van der Waals surface area contributed by atoms with Crippen molar-refractivity contribution in [1.29, 1.82) is 0 Å². The van der Waals surface area contributed by atoms with Gasteiger partial charge in [0.05, 0.1) is 0 Å². The summed E-state index contributed by atoms with van der Waals surface area (Å²) in [5, 5.41) is 0. The first-order valence-corrected chi connectivity index (χ1v) is 6.40. The Morgan fingerprint density at radius 2 is 1.95 bits per heavy atom. The maximum atomic E-state index is 12.0. The summed E-state index contributed by atoms with van der Waals surface area (Å²) in [5.74, 6) is 0.0690. The Morgan fingerprint density at radius 3 is 2.45 bits per heavy atom. The van der Waals surface area contributed by atoms with Crippen LogP contribution < -0.4 is 4.74 Å². The molecule has 0 fully saturated rings. The topological polar surface area (TPSA) is 29.5 Å². The van der Waals surface area contributed by atoms with E-state index in [9.17, 15) is 13.6 Å². The largest absolute Gasteiger partial charge is 0.435 e. The number of alkyl halides is 2. The van der Waals surface area contributed by atoms with Crippen LogP contribution in [0, 0.1) is 0 Å². The van der Waals surface area contributed by atoms with Gasteiger partial charge in [-0.15, -0.1) is 0 Å². The van der Waals surface area contributed by atoms with Gasteiger partial charge in [0.2, 0.25) is 5.91 Å². The van der Waals surface area contributed by atoms with Gasteiger partial charge in [0.15, 0.2) is 0 Å². The molecule has 1 aromatic carbocycles. The Labute approximate surface area is 117 Å². The smallest absolute Gasteiger partial charge is 0.387 e. The summed E-state index contributed by atoms with van der Waals surface area (Å²) in [6, 6.07) is 6.27. The van der Waals surface area contributed by atoms with E-state index in [1.165, 1.54) is 12.1 Å². The molecule has 0 atom stereocenters. The van der Waals surface area contributed by atoms with E-state index in [1.54, 1.807) is 31.0 Å². The van der Waals surface area contributed by atoms with Crippen molar-refractivity contribution in [1.82, 2.24) is 4.90 Å². The summed E-state index contributed by atoms with van der Waals surface area (Å²) < 4.78 is 28.3. The molecular weight excluding hydrogens is 264 g/mol. The van der Waals surface area contributed by atoms with E-state index in [0.29, 0.717) is 12.1 Å². The Balaban J connectivity index is 2.64. The van der Waals surface area contributed by atoms with Crippen LogP contribution in [0.1, 0.15) is 25.8 Å². The highest BCUT2D eigenvalue weighted by Gasteiger charge is 2.11. The van der Waals surface area contributed by atoms with E-state index in [0.717, 1.165) is 12.0 Å². The van der Waals surface area contributed by atoms with Gasteiger partial charge in [0, 0.05) is 19.2 Å². The molecule has 0 aliphatic carbocycles. The van der Waals surface area contributed by atoms with Gasteiger partial charge in [-0.05, 0) is 31.0 Å². The molecule has 0 aliphatic heterocycles. The minimum atomic E-state index is -2.83. The molecule has 0 aromatic heterocycles. The Morgan fingerprint density at radius 1 is 1.35 bits per heavy atom. The van der Waals surface area contributed by atoms with Crippen LogP contribution in [-0.4, -0.2) is 24.5 Å². The number of nitrogens with zero attached hydrogens (tertiary/aromatic N) is 1. The number of carbonyl (C=O) groups excluding carboxylic acids is 1. The van der Waals surface area contributed by atoms with Crippen LogP contribution in [0.25, 0.3) is 0 Å². The number of amides is 1. The summed E-state index contributed by atoms with van der Waals surface area (Å²) in [6.45, 7) is 1.34. The van der Waals surface area contributed by atoms with Gasteiger partial charge >= 0.3 is 6.61 Å². The predicted molar refractivity (Wildman–Crippen MR) is 73.6 cm³/mol. The fraction of sp³-hybridized carbons (Fsp3) is 0.400. The van der Waals surface area contributed by atoms with E-state index < -0.39 is 6.61 Å². The monoisotopic (exact) mass is 283 g/mol. The van der Waals surface area contributed by atoms with Crippen LogP contribution in [0.3, 0.4) is 0 Å². The lowest BCUT2D eigenvalue weighted by molar-refractivity contribution is -0.126. The minimum absolute atomic E-state index is 0.0419. The third-order valence-corrected chi connectivity index (χ3v) is 2.76. The fourth-order valence-electron chi connectivity index (χ4n) is 1.82. The highest BCUT2D eigenvalue weighted by atomic mass is 19.3. The molecule has 0 radical (unpaired) electrons. The molecular formula is C15H19F2NO2. The molecule has 0 N–H and O–H groups in total. The molecule has 0 bridgehead atoms. The zero-order valence-corrected chi connectivity index (χ0v) is 11.9. The van der Waals surface area contributed by atoms with Crippen molar-refractivity contribution in [3.05, 3.63) is 41.5 Å². The molecule has 0 unspecified atom stereocenters. The highest BCUT2D eigenvalue weighted by molar-refractivity contribution is 5.92. The molecule has 110 valence electrons. The summed E-state index contributed by atoms with van der Waals surface area (Å²) >= 11 is 0. The molecule has 0 spiro atoms. The number of halogens is 2. The Hall–Kier alpha value is -1.91. The first kappa shape index (κ1) is 16.1. The SMILES string of the molecule is CC/C=C(/C)C(=O)N(C)Cc1ccc(OC(F)F)cc1. The quantitative estimate of drug-likeness (QED) is 0.746. The van der Waals surface area contributed by atoms with Gasteiger partial charge in [-0.1, -0.05) is 25.1 Å². The minimum Gasteiger partial charge on any atom is -0.435 e. The molecule has 3 nitrogen and oxygen atoms in total. The maximum absolute atomic E-state index is 12.0. The van der Waals surface area contributed by atoms with Gasteiger partial charge in [-0.3, -0.25) is 4.79 Å². The molecule has 1 aromatic rings. The van der Waals surface area contributed by atoms with E-state index in [2.05, 4.69) is 4.74 Å². The molecule has 5 heteroatoms. The average Bonchev–Trinajstić information content (AvgIpc) is 2.39. The lowest BCUT2D eigenvalue weighted by Gasteiger charge is -2.18. The van der Waals surface area contributed by atoms with Crippen molar-refractivity contribution in [2.45, 2.75) is 33.4 Å². The standard InChI is InChI=1S/C15H19F2NO2/c1-4-5-11(2)14(19)18(3)10-12-6-8-13(9-7-12)20-15(16)17/h5-9,15H,4,10H2,1-3H3/b11-5-. The lowest BCUT2D eigenvalue weighted by atomic mass is 10.2. The second-order valence-electron chi connectivity index (χ2n) is 4.48. The molecule has 20 heavy (non-hydrogen) atoms. The Bertz CT molecular complexity index is 469. The van der Waals surface area contributed by atoms with E-state index >= 15 is 0 Å². The highest BCUT2D eigenvalue weighted by Crippen LogP contribution is 2.16. The van der Waals surface area contributed by atoms with Crippen LogP contribution >= 0.6 is 0 Å². The summed E-state index contributed by atoms with van der Waals surface area (Å²) in [7, 11) is 1.71. The van der Waals surface area contributed by atoms with Gasteiger partial charge < -0.3 is 9.64 Å². The van der Waals surface area contributed by atoms with Gasteiger partial charge in [-0.2, -0.15) is 8.78 Å². The van der Waals surface area contributed by atoms with Gasteiger partial charge in [0.25, 0.3) is 0 Å². The molecule has 0 saturated heterocycles. The number of hydrogen-bond acceptors (Lipinski definition) is 2. The second kappa shape index (κ2) is 7.62. The molecule has 0 aliphatic rings. The Kier molecular flexibility index (Phi) is 6.15. The van der Waals surface area contributed by atoms with Crippen molar-refractivity contribution in [2.75, 3.05) is 7.05 Å². The zero-order valence-electron chi connectivity index (χ0n) is 11.9. The number of rotatable bonds is 6. The summed E-state index contributed by atoms with van der Waals surface area (Å²) in [4.78, 5) is 13.6. The van der Waals surface area contributed by atoms with Crippen molar-refractivity contribution < 1.29 is 18.3 Å². The van der Waals surface area contributed by atoms with Crippen LogP contribution in [0.5, 0.6) is 5.75 Å². The van der Waals surface area contributed by atoms with Crippen molar-refractivity contribution in [3.8, 4) is 5.75 Å². The number of likely N-dealkylation sites (N-methyl/N-ethyl adjacent to an activating group) is 1. The molecule has 0 saturated carbocycles. The molecule has 1 rings (SSSR count). The third-order valence-electron chi connectivity index (χ3n) is 2.76. The van der Waals surface area contributed by atoms with Gasteiger partial charge in [0.1, 0.15) is 5.75 Å². The number of carbonyl (C=O) groups is 1. The van der Waals surface area contributed by atoms with Crippen LogP contribution in [0.4, 0.5) is 8.78 Å². The van der Waals surface area contributed by atoms with Crippen LogP contribution in [0.2, 0.25) is 0 Å². The van der Waals surface area contributed by atoms with Crippen LogP contribution in [0.15, 0.2) is 35.9 Å². The average molecular weight is 283 g/mol. The van der Waals surface area contributed by atoms with E-state index in [4.69, 9.17) is 0 Å². The summed E-state index contributed by atoms with van der Waals surface area (Å²) in [5.41, 5.74) is 1.56. The van der Waals surface area contributed by atoms with Crippen molar-refractivity contribution >= 4 is 5.91 Å². The maximum Gasteiger partial charge on any atom is 0.387 e.